The SMILES string of the molecule is CCCCCCCCCCCCN(CCCCCCCCCCCC)P(N)(N)=O. The molecule has 0 aromatic carbocycles. The molecule has 4 nitrogen and oxygen atoms in total. The molecule has 0 fully saturated rings. The van der Waals surface area contributed by atoms with E-state index in [2.05, 4.69) is 13.8 Å². The van der Waals surface area contributed by atoms with Crippen LogP contribution >= 0.6 is 7.59 Å². The minimum Gasteiger partial charge on any atom is -0.271 e. The van der Waals surface area contributed by atoms with Crippen molar-refractivity contribution in [2.24, 2.45) is 11.0 Å². The molecule has 0 saturated carbocycles. The van der Waals surface area contributed by atoms with Crippen LogP contribution in [0.2, 0.25) is 0 Å². The molecule has 0 bridgehead atoms. The van der Waals surface area contributed by atoms with E-state index in [0.717, 1.165) is 25.9 Å². The molecule has 0 heterocycles. The van der Waals surface area contributed by atoms with Crippen LogP contribution in [0, 0.1) is 0 Å². The lowest BCUT2D eigenvalue weighted by atomic mass is 10.1. The third-order valence-electron chi connectivity index (χ3n) is 5.98. The van der Waals surface area contributed by atoms with Gasteiger partial charge in [0, 0.05) is 13.1 Å². The quantitative estimate of drug-likeness (QED) is 0.126. The summed E-state index contributed by atoms with van der Waals surface area (Å²) >= 11 is 0. The average Bonchev–Trinajstić information content (AvgIpc) is 2.68. The molecule has 5 heteroatoms. The molecule has 0 radical (unpaired) electrons. The van der Waals surface area contributed by atoms with Crippen molar-refractivity contribution in [1.29, 1.82) is 0 Å². The van der Waals surface area contributed by atoms with E-state index >= 15 is 0 Å². The first-order valence-electron chi connectivity index (χ1n) is 12.9. The lowest BCUT2D eigenvalue weighted by Crippen LogP contribution is -2.30. The first-order chi connectivity index (χ1) is 14.0. The summed E-state index contributed by atoms with van der Waals surface area (Å²) in [4.78, 5) is 0. The van der Waals surface area contributed by atoms with E-state index in [1.807, 2.05) is 4.67 Å². The number of hydrogen-bond donors (Lipinski definition) is 2. The van der Waals surface area contributed by atoms with Crippen molar-refractivity contribution in [3.05, 3.63) is 0 Å². The zero-order valence-electron chi connectivity index (χ0n) is 20.0. The number of rotatable bonds is 23. The molecule has 0 aromatic heterocycles. The van der Waals surface area contributed by atoms with Crippen LogP contribution in [0.1, 0.15) is 142 Å². The third kappa shape index (κ3) is 21.1. The molecule has 0 spiro atoms. The third-order valence-corrected chi connectivity index (χ3v) is 7.27. The van der Waals surface area contributed by atoms with Gasteiger partial charge in [0.1, 0.15) is 0 Å². The van der Waals surface area contributed by atoms with Crippen LogP contribution in [0.5, 0.6) is 0 Å². The highest BCUT2D eigenvalue weighted by Gasteiger charge is 2.19. The minimum absolute atomic E-state index is 0.790. The zero-order valence-corrected chi connectivity index (χ0v) is 20.9. The summed E-state index contributed by atoms with van der Waals surface area (Å²) in [5.74, 6) is 0. The number of hydrogen-bond acceptors (Lipinski definition) is 1. The Labute approximate surface area is 183 Å². The van der Waals surface area contributed by atoms with Gasteiger partial charge in [-0.2, -0.15) is 0 Å². The second-order valence-electron chi connectivity index (χ2n) is 8.99. The van der Waals surface area contributed by atoms with Gasteiger partial charge in [-0.05, 0) is 12.8 Å². The number of nitrogens with zero attached hydrogens (tertiary/aromatic N) is 1. The Balaban J connectivity index is 3.62. The van der Waals surface area contributed by atoms with Gasteiger partial charge in [0.15, 0.2) is 0 Å². The largest absolute Gasteiger partial charge is 0.276 e. The van der Waals surface area contributed by atoms with Gasteiger partial charge in [-0.15, -0.1) is 0 Å². The van der Waals surface area contributed by atoms with Crippen LogP contribution in [-0.2, 0) is 4.57 Å². The minimum atomic E-state index is -3.10. The van der Waals surface area contributed by atoms with Crippen molar-refractivity contribution in [1.82, 2.24) is 4.67 Å². The number of nitrogens with two attached hydrogens (primary N) is 2. The van der Waals surface area contributed by atoms with Gasteiger partial charge in [0.05, 0.1) is 0 Å². The molecule has 0 aliphatic carbocycles. The second kappa shape index (κ2) is 21.3. The Morgan fingerprint density at radius 3 is 0.966 bits per heavy atom. The van der Waals surface area contributed by atoms with Crippen LogP contribution in [0.25, 0.3) is 0 Å². The topological polar surface area (TPSA) is 72.3 Å². The Morgan fingerprint density at radius 1 is 0.483 bits per heavy atom. The second-order valence-corrected chi connectivity index (χ2v) is 10.9. The first-order valence-corrected chi connectivity index (χ1v) is 14.7. The summed E-state index contributed by atoms with van der Waals surface area (Å²) in [5, 5.41) is 0. The van der Waals surface area contributed by atoms with E-state index in [-0.39, 0.29) is 0 Å². The average molecular weight is 432 g/mol. The highest BCUT2D eigenvalue weighted by atomic mass is 31.2. The van der Waals surface area contributed by atoms with Crippen molar-refractivity contribution >= 4 is 7.59 Å². The Hall–Kier alpha value is 0.110. The van der Waals surface area contributed by atoms with Gasteiger partial charge < -0.3 is 0 Å². The van der Waals surface area contributed by atoms with E-state index in [1.165, 1.54) is 116 Å². The van der Waals surface area contributed by atoms with Crippen molar-refractivity contribution < 1.29 is 4.57 Å². The summed E-state index contributed by atoms with van der Waals surface area (Å²) < 4.78 is 14.0. The predicted octanol–water partition coefficient (Wildman–Crippen LogP) is 8.16. The highest BCUT2D eigenvalue weighted by molar-refractivity contribution is 7.56. The molecule has 0 saturated heterocycles. The van der Waals surface area contributed by atoms with Crippen molar-refractivity contribution in [2.75, 3.05) is 13.1 Å². The van der Waals surface area contributed by atoms with Crippen molar-refractivity contribution in [3.63, 3.8) is 0 Å². The van der Waals surface area contributed by atoms with Gasteiger partial charge in [-0.1, -0.05) is 129 Å². The van der Waals surface area contributed by atoms with Crippen molar-refractivity contribution in [3.8, 4) is 0 Å². The molecule has 176 valence electrons. The molecule has 0 aliphatic heterocycles. The lowest BCUT2D eigenvalue weighted by molar-refractivity contribution is 0.381. The smallest absolute Gasteiger partial charge is 0.271 e. The summed E-state index contributed by atoms with van der Waals surface area (Å²) in [6, 6.07) is 0. The van der Waals surface area contributed by atoms with E-state index in [1.54, 1.807) is 0 Å². The van der Waals surface area contributed by atoms with E-state index < -0.39 is 7.59 Å². The maximum Gasteiger partial charge on any atom is 0.276 e. The number of unbranched alkanes of at least 4 members (excludes halogenated alkanes) is 18. The first kappa shape index (κ1) is 29.1. The van der Waals surface area contributed by atoms with Gasteiger partial charge in [0.25, 0.3) is 7.59 Å². The fourth-order valence-electron chi connectivity index (χ4n) is 3.99. The molecule has 0 atom stereocenters. The van der Waals surface area contributed by atoms with Gasteiger partial charge in [-0.25, -0.2) is 4.67 Å². The highest BCUT2D eigenvalue weighted by Crippen LogP contribution is 2.32. The van der Waals surface area contributed by atoms with Crippen LogP contribution in [0.3, 0.4) is 0 Å². The van der Waals surface area contributed by atoms with Crippen LogP contribution in [-0.4, -0.2) is 17.8 Å². The summed E-state index contributed by atoms with van der Waals surface area (Å²) in [5.41, 5.74) is 11.6. The molecule has 0 aliphatic rings. The molecule has 4 N–H and O–H groups in total. The van der Waals surface area contributed by atoms with Crippen molar-refractivity contribution in [2.45, 2.75) is 142 Å². The molecular weight excluding hydrogens is 377 g/mol. The Kier molecular flexibility index (Phi) is 21.4. The van der Waals surface area contributed by atoms with E-state index in [9.17, 15) is 4.57 Å². The van der Waals surface area contributed by atoms with Gasteiger partial charge in [0.2, 0.25) is 0 Å². The monoisotopic (exact) mass is 431 g/mol. The maximum atomic E-state index is 12.2. The van der Waals surface area contributed by atoms with Gasteiger partial charge in [-0.3, -0.25) is 15.6 Å². The molecule has 0 unspecified atom stereocenters. The molecule has 0 aromatic rings. The maximum absolute atomic E-state index is 12.2. The van der Waals surface area contributed by atoms with Crippen LogP contribution in [0.15, 0.2) is 0 Å². The Bertz CT molecular complexity index is 349. The Morgan fingerprint density at radius 2 is 0.724 bits per heavy atom. The van der Waals surface area contributed by atoms with Gasteiger partial charge >= 0.3 is 0 Å². The van der Waals surface area contributed by atoms with Crippen LogP contribution in [0.4, 0.5) is 0 Å². The van der Waals surface area contributed by atoms with E-state index in [0.29, 0.717) is 0 Å². The van der Waals surface area contributed by atoms with E-state index in [4.69, 9.17) is 11.0 Å². The van der Waals surface area contributed by atoms with Crippen LogP contribution < -0.4 is 11.0 Å². The normalized spacial score (nSPS) is 12.2. The summed E-state index contributed by atoms with van der Waals surface area (Å²) in [6.07, 6.45) is 26.2. The zero-order chi connectivity index (χ0) is 21.6. The molecular formula is C24H54N3OP. The molecule has 0 amide bonds. The molecule has 0 rings (SSSR count). The fourth-order valence-corrected chi connectivity index (χ4v) is 4.90. The summed E-state index contributed by atoms with van der Waals surface area (Å²) in [6.45, 7) is 6.11. The fraction of sp³-hybridized carbons (Fsp3) is 1.00. The predicted molar refractivity (Wildman–Crippen MR) is 131 cm³/mol. The standard InChI is InChI=1S/C24H54N3OP/c1-3-5-7-9-11-13-15-17-19-21-23-27(29(25,26)28)24-22-20-18-16-14-12-10-8-6-4-2/h3-24H2,1-2H3,(H4,25,26,28). The molecule has 29 heavy (non-hydrogen) atoms. The summed E-state index contributed by atoms with van der Waals surface area (Å²) in [7, 11) is -3.10. The lowest BCUT2D eigenvalue weighted by Gasteiger charge is -2.25.